The number of carboxylic acids is 1. The number of aromatic carboxylic acids is 1. The lowest BCUT2D eigenvalue weighted by atomic mass is 9.99. The zero-order chi connectivity index (χ0) is 20.2. The lowest BCUT2D eigenvalue weighted by Gasteiger charge is -2.13. The van der Waals surface area contributed by atoms with Crippen LogP contribution in [-0.2, 0) is 13.0 Å². The molecule has 4 rings (SSSR count). The van der Waals surface area contributed by atoms with Crippen molar-refractivity contribution < 1.29 is 14.6 Å². The van der Waals surface area contributed by atoms with Gasteiger partial charge in [-0.1, -0.05) is 67.6 Å². The molecular formula is C25H21NO3. The normalized spacial score (nSPS) is 10.8. The van der Waals surface area contributed by atoms with E-state index in [1.54, 1.807) is 6.20 Å². The number of rotatable bonds is 6. The average Bonchev–Trinajstić information content (AvgIpc) is 2.77. The summed E-state index contributed by atoms with van der Waals surface area (Å²) >= 11 is 0. The largest absolute Gasteiger partial charge is 0.486 e. The average molecular weight is 383 g/mol. The van der Waals surface area contributed by atoms with E-state index >= 15 is 0 Å². The van der Waals surface area contributed by atoms with E-state index < -0.39 is 5.97 Å². The molecule has 4 nitrogen and oxygen atoms in total. The summed E-state index contributed by atoms with van der Waals surface area (Å²) in [7, 11) is 0. The highest BCUT2D eigenvalue weighted by molar-refractivity contribution is 5.99. The Morgan fingerprint density at radius 1 is 0.931 bits per heavy atom. The van der Waals surface area contributed by atoms with Crippen LogP contribution < -0.4 is 4.74 Å². The molecule has 29 heavy (non-hydrogen) atoms. The van der Waals surface area contributed by atoms with Gasteiger partial charge < -0.3 is 9.84 Å². The molecule has 0 spiro atoms. The van der Waals surface area contributed by atoms with Crippen molar-refractivity contribution in [1.82, 2.24) is 4.98 Å². The fraction of sp³-hybridized carbons (Fsp3) is 0.120. The van der Waals surface area contributed by atoms with Crippen LogP contribution in [0.25, 0.3) is 21.9 Å². The summed E-state index contributed by atoms with van der Waals surface area (Å²) in [6.07, 6.45) is 2.57. The molecule has 1 aromatic heterocycles. The van der Waals surface area contributed by atoms with Gasteiger partial charge >= 0.3 is 5.97 Å². The Morgan fingerprint density at radius 2 is 1.69 bits per heavy atom. The Balaban J connectivity index is 1.76. The standard InChI is InChI=1S/C25H21NO3/c1-2-17-9-6-10-19(13-17)20-11-12-22-21(14-20)15-26-23(25(27)28)24(22)29-16-18-7-4-3-5-8-18/h3-15H,2,16H2,1H3,(H,27,28). The van der Waals surface area contributed by atoms with Gasteiger partial charge in [0.2, 0.25) is 0 Å². The van der Waals surface area contributed by atoms with Crippen molar-refractivity contribution >= 4 is 16.7 Å². The minimum Gasteiger partial charge on any atom is -0.486 e. The molecule has 3 aromatic carbocycles. The Kier molecular flexibility index (Phi) is 5.25. The van der Waals surface area contributed by atoms with Gasteiger partial charge in [-0.3, -0.25) is 0 Å². The lowest BCUT2D eigenvalue weighted by molar-refractivity contribution is 0.0685. The smallest absolute Gasteiger partial charge is 0.358 e. The van der Waals surface area contributed by atoms with E-state index in [4.69, 9.17) is 4.74 Å². The first kappa shape index (κ1) is 18.7. The van der Waals surface area contributed by atoms with Crippen LogP contribution in [0.4, 0.5) is 0 Å². The molecule has 0 saturated heterocycles. The van der Waals surface area contributed by atoms with Crippen LogP contribution in [0.15, 0.2) is 79.0 Å². The van der Waals surface area contributed by atoms with Crippen LogP contribution in [0.2, 0.25) is 0 Å². The van der Waals surface area contributed by atoms with Crippen LogP contribution in [0.1, 0.15) is 28.5 Å². The van der Waals surface area contributed by atoms with Crippen molar-refractivity contribution in [3.63, 3.8) is 0 Å². The van der Waals surface area contributed by atoms with Crippen molar-refractivity contribution in [3.05, 3.63) is 95.8 Å². The minimum absolute atomic E-state index is 0.0749. The third kappa shape index (κ3) is 3.97. The van der Waals surface area contributed by atoms with Crippen LogP contribution in [0.3, 0.4) is 0 Å². The molecule has 0 saturated carbocycles. The molecule has 144 valence electrons. The fourth-order valence-electron chi connectivity index (χ4n) is 3.38. The SMILES string of the molecule is CCc1cccc(-c2ccc3c(OCc4ccccc4)c(C(=O)O)ncc3c2)c1. The number of benzene rings is 3. The van der Waals surface area contributed by atoms with E-state index in [9.17, 15) is 9.90 Å². The topological polar surface area (TPSA) is 59.4 Å². The molecular weight excluding hydrogens is 362 g/mol. The predicted octanol–water partition coefficient (Wildman–Crippen LogP) is 5.74. The Labute approximate surface area is 169 Å². The summed E-state index contributed by atoms with van der Waals surface area (Å²) in [5.74, 6) is -0.803. The van der Waals surface area contributed by atoms with Crippen molar-refractivity contribution in [3.8, 4) is 16.9 Å². The highest BCUT2D eigenvalue weighted by Gasteiger charge is 2.17. The lowest BCUT2D eigenvalue weighted by Crippen LogP contribution is -2.06. The van der Waals surface area contributed by atoms with E-state index in [2.05, 4.69) is 36.2 Å². The zero-order valence-corrected chi connectivity index (χ0v) is 16.1. The number of carbonyl (C=O) groups is 1. The van der Waals surface area contributed by atoms with Gasteiger partial charge in [0.05, 0.1) is 0 Å². The van der Waals surface area contributed by atoms with Crippen molar-refractivity contribution in [2.24, 2.45) is 0 Å². The van der Waals surface area contributed by atoms with Gasteiger partial charge in [-0.25, -0.2) is 9.78 Å². The van der Waals surface area contributed by atoms with Crippen LogP contribution in [0, 0.1) is 0 Å². The minimum atomic E-state index is -1.10. The maximum Gasteiger partial charge on any atom is 0.358 e. The van der Waals surface area contributed by atoms with Gasteiger partial charge in [0.1, 0.15) is 6.61 Å². The first-order valence-corrected chi connectivity index (χ1v) is 9.58. The van der Waals surface area contributed by atoms with E-state index in [0.29, 0.717) is 5.75 Å². The number of aryl methyl sites for hydroxylation is 1. The van der Waals surface area contributed by atoms with Crippen LogP contribution >= 0.6 is 0 Å². The second kappa shape index (κ2) is 8.15. The summed E-state index contributed by atoms with van der Waals surface area (Å²) < 4.78 is 5.94. The van der Waals surface area contributed by atoms with Gasteiger partial charge in [0.15, 0.2) is 11.4 Å². The maximum atomic E-state index is 11.7. The van der Waals surface area contributed by atoms with Gasteiger partial charge in [-0.15, -0.1) is 0 Å². The number of hydrogen-bond donors (Lipinski definition) is 1. The summed E-state index contributed by atoms with van der Waals surface area (Å²) in [4.78, 5) is 15.9. The number of nitrogens with zero attached hydrogens (tertiary/aromatic N) is 1. The number of fused-ring (bicyclic) bond motifs is 1. The second-order valence-electron chi connectivity index (χ2n) is 6.87. The third-order valence-electron chi connectivity index (χ3n) is 4.94. The van der Waals surface area contributed by atoms with Gasteiger partial charge in [-0.2, -0.15) is 0 Å². The fourth-order valence-corrected chi connectivity index (χ4v) is 3.38. The predicted molar refractivity (Wildman–Crippen MR) is 114 cm³/mol. The van der Waals surface area contributed by atoms with Crippen molar-refractivity contribution in [2.45, 2.75) is 20.0 Å². The number of ether oxygens (including phenoxy) is 1. The maximum absolute atomic E-state index is 11.7. The van der Waals surface area contributed by atoms with Crippen molar-refractivity contribution in [1.29, 1.82) is 0 Å². The van der Waals surface area contributed by atoms with Gasteiger partial charge in [-0.05, 0) is 40.8 Å². The van der Waals surface area contributed by atoms with E-state index in [-0.39, 0.29) is 12.3 Å². The van der Waals surface area contributed by atoms with E-state index in [0.717, 1.165) is 33.9 Å². The number of pyridine rings is 1. The molecule has 4 aromatic rings. The Bertz CT molecular complexity index is 1170. The number of aromatic nitrogens is 1. The van der Waals surface area contributed by atoms with Gasteiger partial charge in [0.25, 0.3) is 0 Å². The molecule has 0 aliphatic heterocycles. The van der Waals surface area contributed by atoms with E-state index in [1.807, 2.05) is 48.5 Å². The molecule has 1 heterocycles. The molecule has 0 bridgehead atoms. The molecule has 0 radical (unpaired) electrons. The first-order chi connectivity index (χ1) is 14.2. The molecule has 0 atom stereocenters. The first-order valence-electron chi connectivity index (χ1n) is 9.58. The molecule has 1 N–H and O–H groups in total. The van der Waals surface area contributed by atoms with Crippen LogP contribution in [-0.4, -0.2) is 16.1 Å². The summed E-state index contributed by atoms with van der Waals surface area (Å²) in [5, 5.41) is 11.2. The monoisotopic (exact) mass is 383 g/mol. The molecule has 0 aliphatic rings. The Hall–Kier alpha value is -3.66. The van der Waals surface area contributed by atoms with Crippen LogP contribution in [0.5, 0.6) is 5.75 Å². The molecule has 0 unspecified atom stereocenters. The number of hydrogen-bond acceptors (Lipinski definition) is 3. The molecule has 4 heteroatoms. The third-order valence-corrected chi connectivity index (χ3v) is 4.94. The Morgan fingerprint density at radius 3 is 2.45 bits per heavy atom. The van der Waals surface area contributed by atoms with Crippen molar-refractivity contribution in [2.75, 3.05) is 0 Å². The second-order valence-corrected chi connectivity index (χ2v) is 6.87. The van der Waals surface area contributed by atoms with Gasteiger partial charge in [0, 0.05) is 17.0 Å². The molecule has 0 aliphatic carbocycles. The summed E-state index contributed by atoms with van der Waals surface area (Å²) in [6.45, 7) is 2.41. The number of carboxylic acid groups (broad SMARTS) is 1. The summed E-state index contributed by atoms with van der Waals surface area (Å²) in [5.41, 5.74) is 4.35. The zero-order valence-electron chi connectivity index (χ0n) is 16.1. The highest BCUT2D eigenvalue weighted by atomic mass is 16.5. The van der Waals surface area contributed by atoms with E-state index in [1.165, 1.54) is 5.56 Å². The molecule has 0 fully saturated rings. The summed E-state index contributed by atoms with van der Waals surface area (Å²) in [6, 6.07) is 24.0. The molecule has 0 amide bonds. The quantitative estimate of drug-likeness (QED) is 0.461. The highest BCUT2D eigenvalue weighted by Crippen LogP contribution is 2.32.